The van der Waals surface area contributed by atoms with Gasteiger partial charge in [0.15, 0.2) is 0 Å². The Bertz CT molecular complexity index is 450. The zero-order valence-corrected chi connectivity index (χ0v) is 11.0. The summed E-state index contributed by atoms with van der Waals surface area (Å²) >= 11 is 0. The molecule has 1 heterocycles. The second-order valence-electron chi connectivity index (χ2n) is 6.04. The third-order valence-corrected chi connectivity index (χ3v) is 4.75. The van der Waals surface area contributed by atoms with Crippen molar-refractivity contribution < 1.29 is 0 Å². The molecule has 3 rings (SSSR count). The molecule has 0 bridgehead atoms. The molecule has 0 radical (unpaired) electrons. The lowest BCUT2D eigenvalue weighted by atomic mass is 10.00. The molecule has 0 amide bonds. The smallest absolute Gasteiger partial charge is 0.0399 e. The van der Waals surface area contributed by atoms with Crippen LogP contribution in [0.15, 0.2) is 18.2 Å². The maximum Gasteiger partial charge on any atom is 0.0399 e. The zero-order chi connectivity index (χ0) is 12.2. The Morgan fingerprint density at radius 2 is 2.12 bits per heavy atom. The van der Waals surface area contributed by atoms with Crippen molar-refractivity contribution in [2.24, 2.45) is 11.1 Å². The van der Waals surface area contributed by atoms with Gasteiger partial charge >= 0.3 is 0 Å². The number of anilines is 1. The summed E-state index contributed by atoms with van der Waals surface area (Å²) in [7, 11) is 0. The Hall–Kier alpha value is -1.02. The van der Waals surface area contributed by atoms with Crippen LogP contribution in [0.25, 0.3) is 0 Å². The Morgan fingerprint density at radius 3 is 2.71 bits per heavy atom. The van der Waals surface area contributed by atoms with Crippen molar-refractivity contribution in [2.75, 3.05) is 18.0 Å². The number of likely N-dealkylation sites (N-methyl/N-ethyl adjacent to an activating group) is 1. The van der Waals surface area contributed by atoms with E-state index >= 15 is 0 Å². The highest BCUT2D eigenvalue weighted by Crippen LogP contribution is 2.57. The molecule has 2 heteroatoms. The third-order valence-electron chi connectivity index (χ3n) is 4.75. The van der Waals surface area contributed by atoms with E-state index in [1.807, 2.05) is 0 Å². The van der Waals surface area contributed by atoms with E-state index in [1.54, 1.807) is 0 Å². The molecule has 0 saturated heterocycles. The van der Waals surface area contributed by atoms with Crippen LogP contribution < -0.4 is 10.6 Å². The predicted molar refractivity (Wildman–Crippen MR) is 72.5 cm³/mol. The molecule has 1 aromatic carbocycles. The van der Waals surface area contributed by atoms with Gasteiger partial charge < -0.3 is 10.6 Å². The minimum Gasteiger partial charge on any atom is -0.371 e. The Labute approximate surface area is 104 Å². The summed E-state index contributed by atoms with van der Waals surface area (Å²) in [5.74, 6) is 0.559. The van der Waals surface area contributed by atoms with Gasteiger partial charge in [-0.2, -0.15) is 0 Å². The summed E-state index contributed by atoms with van der Waals surface area (Å²) in [6.07, 6.45) is 1.19. The van der Waals surface area contributed by atoms with Crippen LogP contribution in [0.2, 0.25) is 0 Å². The van der Waals surface area contributed by atoms with Crippen LogP contribution in [0.3, 0.4) is 0 Å². The summed E-state index contributed by atoms with van der Waals surface area (Å²) in [6.45, 7) is 9.06. The van der Waals surface area contributed by atoms with Crippen LogP contribution in [0.5, 0.6) is 0 Å². The molecule has 0 spiro atoms. The number of nitrogens with zero attached hydrogens (tertiary/aromatic N) is 1. The lowest BCUT2D eigenvalue weighted by Crippen LogP contribution is -2.18. The largest absolute Gasteiger partial charge is 0.371 e. The van der Waals surface area contributed by atoms with Crippen molar-refractivity contribution in [1.82, 2.24) is 0 Å². The van der Waals surface area contributed by atoms with Gasteiger partial charge in [-0.05, 0) is 36.0 Å². The number of hydrogen-bond acceptors (Lipinski definition) is 2. The highest BCUT2D eigenvalue weighted by atomic mass is 15.1. The molecular formula is C15H22N2. The summed E-state index contributed by atoms with van der Waals surface area (Å²) in [4.78, 5) is 2.46. The van der Waals surface area contributed by atoms with Crippen LogP contribution in [0.4, 0.5) is 5.69 Å². The Kier molecular flexibility index (Phi) is 2.27. The maximum absolute atomic E-state index is 6.16. The van der Waals surface area contributed by atoms with Gasteiger partial charge in [0.2, 0.25) is 0 Å². The third kappa shape index (κ3) is 1.50. The minimum absolute atomic E-state index is 0.289. The number of nitrogens with two attached hydrogens (primary N) is 1. The SMILES string of the molecule is CCN1CCc2cc(C3C(N)C3(C)C)ccc21. The van der Waals surface area contributed by atoms with Crippen LogP contribution in [0, 0.1) is 5.41 Å². The minimum atomic E-state index is 0.289. The Balaban J connectivity index is 1.91. The Morgan fingerprint density at radius 1 is 1.41 bits per heavy atom. The second-order valence-corrected chi connectivity index (χ2v) is 6.04. The molecule has 1 aromatic rings. The zero-order valence-electron chi connectivity index (χ0n) is 11.0. The average molecular weight is 230 g/mol. The van der Waals surface area contributed by atoms with E-state index in [9.17, 15) is 0 Å². The van der Waals surface area contributed by atoms with Gasteiger partial charge in [0.25, 0.3) is 0 Å². The monoisotopic (exact) mass is 230 g/mol. The summed E-state index contributed by atoms with van der Waals surface area (Å²) < 4.78 is 0. The molecule has 2 nitrogen and oxygen atoms in total. The van der Waals surface area contributed by atoms with Gasteiger partial charge in [0.1, 0.15) is 0 Å². The van der Waals surface area contributed by atoms with E-state index in [1.165, 1.54) is 29.8 Å². The molecular weight excluding hydrogens is 208 g/mol. The normalized spacial score (nSPS) is 29.3. The molecule has 2 aliphatic rings. The number of fused-ring (bicyclic) bond motifs is 1. The van der Waals surface area contributed by atoms with E-state index in [4.69, 9.17) is 5.73 Å². The van der Waals surface area contributed by atoms with Crippen LogP contribution in [0.1, 0.15) is 37.8 Å². The molecule has 17 heavy (non-hydrogen) atoms. The molecule has 1 aliphatic carbocycles. The first-order chi connectivity index (χ1) is 8.05. The lowest BCUT2D eigenvalue weighted by Gasteiger charge is -2.16. The summed E-state index contributed by atoms with van der Waals surface area (Å²) in [6, 6.07) is 7.31. The molecule has 2 unspecified atom stereocenters. The second kappa shape index (κ2) is 3.49. The van der Waals surface area contributed by atoms with Gasteiger partial charge in [0, 0.05) is 30.7 Å². The molecule has 1 aliphatic heterocycles. The van der Waals surface area contributed by atoms with Crippen molar-refractivity contribution in [2.45, 2.75) is 39.2 Å². The highest BCUT2D eigenvalue weighted by Gasteiger charge is 2.56. The number of rotatable bonds is 2. The van der Waals surface area contributed by atoms with E-state index in [2.05, 4.69) is 43.9 Å². The first-order valence-corrected chi connectivity index (χ1v) is 6.69. The maximum atomic E-state index is 6.16. The molecule has 1 fully saturated rings. The van der Waals surface area contributed by atoms with Crippen LogP contribution >= 0.6 is 0 Å². The van der Waals surface area contributed by atoms with E-state index < -0.39 is 0 Å². The van der Waals surface area contributed by atoms with Crippen molar-refractivity contribution in [3.05, 3.63) is 29.3 Å². The first-order valence-electron chi connectivity index (χ1n) is 6.69. The molecule has 2 atom stereocenters. The standard InChI is InChI=1S/C15H22N2/c1-4-17-8-7-10-9-11(5-6-12(10)17)13-14(16)15(13,2)3/h5-6,9,13-14H,4,7-8,16H2,1-3H3. The molecule has 0 aromatic heterocycles. The van der Waals surface area contributed by atoms with E-state index in [-0.39, 0.29) is 5.41 Å². The van der Waals surface area contributed by atoms with Gasteiger partial charge in [-0.25, -0.2) is 0 Å². The summed E-state index contributed by atoms with van der Waals surface area (Å²) in [5, 5.41) is 0. The van der Waals surface area contributed by atoms with Crippen LogP contribution in [-0.4, -0.2) is 19.1 Å². The van der Waals surface area contributed by atoms with Gasteiger partial charge in [-0.1, -0.05) is 26.0 Å². The van der Waals surface area contributed by atoms with Crippen molar-refractivity contribution in [3.63, 3.8) is 0 Å². The van der Waals surface area contributed by atoms with E-state index in [0.29, 0.717) is 12.0 Å². The number of hydrogen-bond donors (Lipinski definition) is 1. The van der Waals surface area contributed by atoms with Crippen molar-refractivity contribution in [3.8, 4) is 0 Å². The number of benzene rings is 1. The van der Waals surface area contributed by atoms with Crippen molar-refractivity contribution in [1.29, 1.82) is 0 Å². The predicted octanol–water partition coefficient (Wildman–Crippen LogP) is 2.52. The van der Waals surface area contributed by atoms with E-state index in [0.717, 1.165) is 6.54 Å². The fourth-order valence-corrected chi connectivity index (χ4v) is 3.33. The van der Waals surface area contributed by atoms with Crippen molar-refractivity contribution >= 4 is 5.69 Å². The average Bonchev–Trinajstić information content (AvgIpc) is 2.67. The fourth-order valence-electron chi connectivity index (χ4n) is 3.33. The fraction of sp³-hybridized carbons (Fsp3) is 0.600. The molecule has 2 N–H and O–H groups in total. The lowest BCUT2D eigenvalue weighted by molar-refractivity contribution is 0.599. The van der Waals surface area contributed by atoms with Gasteiger partial charge in [-0.3, -0.25) is 0 Å². The highest BCUT2D eigenvalue weighted by molar-refractivity contribution is 5.60. The van der Waals surface area contributed by atoms with Gasteiger partial charge in [-0.15, -0.1) is 0 Å². The molecule has 1 saturated carbocycles. The topological polar surface area (TPSA) is 29.3 Å². The quantitative estimate of drug-likeness (QED) is 0.846. The molecule has 92 valence electrons. The van der Waals surface area contributed by atoms with Crippen LogP contribution in [-0.2, 0) is 6.42 Å². The summed E-state index contributed by atoms with van der Waals surface area (Å²) in [5.41, 5.74) is 10.8. The first kappa shape index (κ1) is 11.1. The van der Waals surface area contributed by atoms with Gasteiger partial charge in [0.05, 0.1) is 0 Å².